The molecule has 0 saturated heterocycles. The predicted molar refractivity (Wildman–Crippen MR) is 183 cm³/mol. The summed E-state index contributed by atoms with van der Waals surface area (Å²) in [6.45, 7) is -0.988. The standard InChI is InChI=1S/C37H37ClF3N3O4S/c38-30-16-10-14-28(22-30)25-43(34(23-27-12-4-1-5-13-27)36(46)42-31-17-6-2-7-18-31)35(45)26-44(49(47,48)33-20-8-3-9-21-33)32-19-11-15-29(24-32)37(39,40)41/h1,3-5,8-16,19-22,24,31,34H,2,6-7,17-18,23,25-26H2,(H,42,46)/t34-/m1/s1. The first kappa shape index (κ1) is 35.9. The zero-order chi connectivity index (χ0) is 35.0. The lowest BCUT2D eigenvalue weighted by atomic mass is 9.94. The van der Waals surface area contributed by atoms with Crippen molar-refractivity contribution in [1.29, 1.82) is 0 Å². The van der Waals surface area contributed by atoms with Crippen LogP contribution in [0, 0.1) is 0 Å². The Labute approximate surface area is 289 Å². The second kappa shape index (κ2) is 15.9. The van der Waals surface area contributed by atoms with Gasteiger partial charge in [-0.25, -0.2) is 8.42 Å². The van der Waals surface area contributed by atoms with Crippen molar-refractivity contribution in [2.45, 2.75) is 68.2 Å². The maximum Gasteiger partial charge on any atom is 0.416 e. The highest BCUT2D eigenvalue weighted by Gasteiger charge is 2.37. The van der Waals surface area contributed by atoms with Crippen LogP contribution in [0.25, 0.3) is 0 Å². The highest BCUT2D eigenvalue weighted by Crippen LogP contribution is 2.33. The molecule has 0 unspecified atom stereocenters. The number of nitrogens with zero attached hydrogens (tertiary/aromatic N) is 2. The lowest BCUT2D eigenvalue weighted by Crippen LogP contribution is -2.55. The van der Waals surface area contributed by atoms with Crippen LogP contribution >= 0.6 is 11.6 Å². The Balaban J connectivity index is 1.59. The Bertz CT molecular complexity index is 1840. The molecule has 1 atom stereocenters. The van der Waals surface area contributed by atoms with Gasteiger partial charge in [0.05, 0.1) is 16.1 Å². The Morgan fingerprint density at radius 1 is 0.816 bits per heavy atom. The summed E-state index contributed by atoms with van der Waals surface area (Å²) in [7, 11) is -4.56. The third-order valence-corrected chi connectivity index (χ3v) is 10.6. The average Bonchev–Trinajstić information content (AvgIpc) is 3.09. The molecule has 0 bridgehead atoms. The Hall–Kier alpha value is -4.35. The molecule has 1 N–H and O–H groups in total. The molecule has 0 aromatic heterocycles. The summed E-state index contributed by atoms with van der Waals surface area (Å²) in [4.78, 5) is 29.8. The van der Waals surface area contributed by atoms with E-state index in [-0.39, 0.29) is 29.6 Å². The number of alkyl halides is 3. The topological polar surface area (TPSA) is 86.8 Å². The minimum atomic E-state index is -4.77. The van der Waals surface area contributed by atoms with Gasteiger partial charge in [0.2, 0.25) is 11.8 Å². The minimum absolute atomic E-state index is 0.0808. The lowest BCUT2D eigenvalue weighted by Gasteiger charge is -2.35. The monoisotopic (exact) mass is 711 g/mol. The predicted octanol–water partition coefficient (Wildman–Crippen LogP) is 7.64. The van der Waals surface area contributed by atoms with Gasteiger partial charge in [0.15, 0.2) is 0 Å². The van der Waals surface area contributed by atoms with Gasteiger partial charge in [-0.3, -0.25) is 13.9 Å². The number of carbonyl (C=O) groups excluding carboxylic acids is 2. The first-order valence-corrected chi connectivity index (χ1v) is 17.9. The fourth-order valence-electron chi connectivity index (χ4n) is 6.02. The summed E-state index contributed by atoms with van der Waals surface area (Å²) in [5.74, 6) is -1.18. The molecular weight excluding hydrogens is 675 g/mol. The van der Waals surface area contributed by atoms with Crippen LogP contribution in [0.1, 0.15) is 48.8 Å². The molecule has 0 aliphatic heterocycles. The first-order valence-electron chi connectivity index (χ1n) is 16.0. The minimum Gasteiger partial charge on any atom is -0.352 e. The molecule has 1 aliphatic carbocycles. The number of hydrogen-bond acceptors (Lipinski definition) is 4. The van der Waals surface area contributed by atoms with E-state index < -0.39 is 46.2 Å². The van der Waals surface area contributed by atoms with Crippen molar-refractivity contribution in [1.82, 2.24) is 10.2 Å². The number of benzene rings is 4. The van der Waals surface area contributed by atoms with Crippen molar-refractivity contribution in [2.24, 2.45) is 0 Å². The lowest BCUT2D eigenvalue weighted by molar-refractivity contribution is -0.140. The van der Waals surface area contributed by atoms with Crippen molar-refractivity contribution < 1.29 is 31.2 Å². The average molecular weight is 712 g/mol. The number of carbonyl (C=O) groups is 2. The highest BCUT2D eigenvalue weighted by molar-refractivity contribution is 7.92. The Morgan fingerprint density at radius 2 is 1.45 bits per heavy atom. The van der Waals surface area contributed by atoms with Gasteiger partial charge in [0.1, 0.15) is 12.6 Å². The summed E-state index contributed by atoms with van der Waals surface area (Å²) >= 11 is 6.29. The quantitative estimate of drug-likeness (QED) is 0.164. The van der Waals surface area contributed by atoms with E-state index in [1.54, 1.807) is 30.3 Å². The van der Waals surface area contributed by atoms with Gasteiger partial charge in [-0.05, 0) is 66.4 Å². The summed E-state index contributed by atoms with van der Waals surface area (Å²) in [5, 5.41) is 3.52. The van der Waals surface area contributed by atoms with E-state index in [1.165, 1.54) is 35.2 Å². The van der Waals surface area contributed by atoms with Gasteiger partial charge in [-0.15, -0.1) is 0 Å². The van der Waals surface area contributed by atoms with Gasteiger partial charge in [0, 0.05) is 24.0 Å². The molecule has 4 aromatic rings. The molecule has 258 valence electrons. The molecule has 12 heteroatoms. The molecule has 1 aliphatic rings. The van der Waals surface area contributed by atoms with E-state index in [1.807, 2.05) is 30.3 Å². The molecule has 7 nitrogen and oxygen atoms in total. The zero-order valence-electron chi connectivity index (χ0n) is 26.7. The van der Waals surface area contributed by atoms with Crippen molar-refractivity contribution in [3.63, 3.8) is 0 Å². The second-order valence-electron chi connectivity index (χ2n) is 12.1. The Kier molecular flexibility index (Phi) is 11.7. The van der Waals surface area contributed by atoms with Gasteiger partial charge in [0.25, 0.3) is 10.0 Å². The van der Waals surface area contributed by atoms with E-state index in [4.69, 9.17) is 11.6 Å². The molecule has 0 heterocycles. The van der Waals surface area contributed by atoms with Crippen LogP contribution in [-0.4, -0.2) is 43.8 Å². The number of halogens is 4. The summed E-state index contributed by atoms with van der Waals surface area (Å²) < 4.78 is 70.3. The summed E-state index contributed by atoms with van der Waals surface area (Å²) in [5.41, 5.74) is -0.0703. The van der Waals surface area contributed by atoms with E-state index in [9.17, 15) is 31.2 Å². The van der Waals surface area contributed by atoms with Crippen molar-refractivity contribution in [3.05, 3.63) is 131 Å². The smallest absolute Gasteiger partial charge is 0.352 e. The number of amides is 2. The van der Waals surface area contributed by atoms with Crippen LogP contribution in [-0.2, 0) is 38.8 Å². The first-order chi connectivity index (χ1) is 23.4. The van der Waals surface area contributed by atoms with Crippen LogP contribution in [0.3, 0.4) is 0 Å². The maximum atomic E-state index is 14.6. The molecule has 1 fully saturated rings. The van der Waals surface area contributed by atoms with Crippen LogP contribution in [0.4, 0.5) is 18.9 Å². The largest absolute Gasteiger partial charge is 0.416 e. The van der Waals surface area contributed by atoms with E-state index in [0.29, 0.717) is 21.0 Å². The van der Waals surface area contributed by atoms with Crippen LogP contribution < -0.4 is 9.62 Å². The summed E-state index contributed by atoms with van der Waals surface area (Å²) in [6.07, 6.45) is -0.0686. The van der Waals surface area contributed by atoms with Crippen LogP contribution in [0.2, 0.25) is 5.02 Å². The molecule has 1 saturated carbocycles. The van der Waals surface area contributed by atoms with Crippen molar-refractivity contribution in [3.8, 4) is 0 Å². The van der Waals surface area contributed by atoms with Crippen LogP contribution in [0.15, 0.2) is 114 Å². The van der Waals surface area contributed by atoms with Gasteiger partial charge < -0.3 is 10.2 Å². The third kappa shape index (κ3) is 9.42. The zero-order valence-corrected chi connectivity index (χ0v) is 28.2. The molecule has 5 rings (SSSR count). The van der Waals surface area contributed by atoms with Gasteiger partial charge in [-0.1, -0.05) is 97.6 Å². The van der Waals surface area contributed by atoms with Gasteiger partial charge >= 0.3 is 6.18 Å². The fraction of sp³-hybridized carbons (Fsp3) is 0.297. The summed E-state index contributed by atoms with van der Waals surface area (Å²) in [6, 6.07) is 25.7. The van der Waals surface area contributed by atoms with Crippen molar-refractivity contribution >= 4 is 39.1 Å². The highest BCUT2D eigenvalue weighted by atomic mass is 35.5. The van der Waals surface area contributed by atoms with Crippen LogP contribution in [0.5, 0.6) is 0 Å². The van der Waals surface area contributed by atoms with E-state index >= 15 is 0 Å². The fourth-order valence-corrected chi connectivity index (χ4v) is 7.66. The van der Waals surface area contributed by atoms with E-state index in [0.717, 1.165) is 49.8 Å². The third-order valence-electron chi connectivity index (χ3n) is 8.54. The molecular formula is C37H37ClF3N3O4S. The SMILES string of the molecule is O=C(NC1CCCCC1)[C@@H](Cc1ccccc1)N(Cc1cccc(Cl)c1)C(=O)CN(c1cccc(C(F)(F)F)c1)S(=O)(=O)c1ccccc1. The number of nitrogens with one attached hydrogen (secondary N) is 1. The van der Waals surface area contributed by atoms with Gasteiger partial charge in [-0.2, -0.15) is 13.2 Å². The number of sulfonamides is 1. The second-order valence-corrected chi connectivity index (χ2v) is 14.4. The number of rotatable bonds is 12. The number of hydrogen-bond donors (Lipinski definition) is 1. The molecule has 4 aromatic carbocycles. The number of anilines is 1. The maximum absolute atomic E-state index is 14.6. The molecule has 2 amide bonds. The molecule has 49 heavy (non-hydrogen) atoms. The Morgan fingerprint density at radius 3 is 2.10 bits per heavy atom. The molecule has 0 radical (unpaired) electrons. The normalized spacial score (nSPS) is 14.5. The molecule has 0 spiro atoms. The van der Waals surface area contributed by atoms with E-state index in [2.05, 4.69) is 5.32 Å². The van der Waals surface area contributed by atoms with Crippen molar-refractivity contribution in [2.75, 3.05) is 10.8 Å².